The fourth-order valence-electron chi connectivity index (χ4n) is 3.57. The van der Waals surface area contributed by atoms with Gasteiger partial charge in [-0.3, -0.25) is 0 Å². The normalized spacial score (nSPS) is 17.1. The Morgan fingerprint density at radius 1 is 1.28 bits per heavy atom. The second-order valence-electron chi connectivity index (χ2n) is 6.98. The zero-order valence-electron chi connectivity index (χ0n) is 16.3. The van der Waals surface area contributed by atoms with Gasteiger partial charge in [-0.25, -0.2) is 13.9 Å². The van der Waals surface area contributed by atoms with E-state index in [1.807, 2.05) is 22.9 Å². The molecule has 0 aliphatic carbocycles. The molecule has 1 saturated heterocycles. The van der Waals surface area contributed by atoms with Gasteiger partial charge in [-0.1, -0.05) is 6.07 Å². The van der Waals surface area contributed by atoms with Crippen molar-refractivity contribution in [3.63, 3.8) is 0 Å². The van der Waals surface area contributed by atoms with E-state index in [0.29, 0.717) is 6.61 Å². The zero-order chi connectivity index (χ0) is 20.2. The van der Waals surface area contributed by atoms with E-state index in [-0.39, 0.29) is 18.0 Å². The fourth-order valence-corrected chi connectivity index (χ4v) is 3.57. The van der Waals surface area contributed by atoms with Crippen LogP contribution in [0.15, 0.2) is 48.5 Å². The van der Waals surface area contributed by atoms with Gasteiger partial charge < -0.3 is 9.47 Å². The first-order valence-electron chi connectivity index (χ1n) is 9.90. The van der Waals surface area contributed by atoms with Gasteiger partial charge in [0.25, 0.3) is 0 Å². The molecule has 0 bridgehead atoms. The summed E-state index contributed by atoms with van der Waals surface area (Å²) in [6, 6.07) is 12.2. The van der Waals surface area contributed by atoms with E-state index in [2.05, 4.69) is 0 Å². The first-order chi connectivity index (χ1) is 14.2. The predicted octanol–water partition coefficient (Wildman–Crippen LogP) is 5.12. The number of aromatic nitrogens is 2. The zero-order valence-corrected chi connectivity index (χ0v) is 16.3. The van der Waals surface area contributed by atoms with Crippen molar-refractivity contribution in [1.29, 1.82) is 0 Å². The van der Waals surface area contributed by atoms with E-state index in [1.54, 1.807) is 25.1 Å². The summed E-state index contributed by atoms with van der Waals surface area (Å²) < 4.78 is 26.2. The highest BCUT2D eigenvalue weighted by molar-refractivity contribution is 5.95. The van der Waals surface area contributed by atoms with Crippen LogP contribution in [-0.2, 0) is 14.3 Å². The molecule has 6 heteroatoms. The van der Waals surface area contributed by atoms with Crippen LogP contribution < -0.4 is 0 Å². The minimum atomic E-state index is -0.377. The summed E-state index contributed by atoms with van der Waals surface area (Å²) in [5.74, 6) is -0.663. The lowest BCUT2D eigenvalue weighted by atomic mass is 10.1. The number of rotatable bonds is 5. The highest BCUT2D eigenvalue weighted by Gasteiger charge is 2.21. The van der Waals surface area contributed by atoms with Gasteiger partial charge >= 0.3 is 5.97 Å². The van der Waals surface area contributed by atoms with Gasteiger partial charge in [0.2, 0.25) is 0 Å². The maximum Gasteiger partial charge on any atom is 0.330 e. The van der Waals surface area contributed by atoms with E-state index in [9.17, 15) is 9.18 Å². The van der Waals surface area contributed by atoms with Crippen molar-refractivity contribution in [3.05, 3.63) is 59.9 Å². The number of carbonyl (C=O) groups excluding carboxylic acids is 1. The van der Waals surface area contributed by atoms with E-state index >= 15 is 0 Å². The largest absolute Gasteiger partial charge is 0.463 e. The Kier molecular flexibility index (Phi) is 5.71. The number of esters is 1. The van der Waals surface area contributed by atoms with Crippen molar-refractivity contribution in [3.8, 4) is 11.3 Å². The number of benzene rings is 2. The first-order valence-corrected chi connectivity index (χ1v) is 9.90. The van der Waals surface area contributed by atoms with Gasteiger partial charge in [-0.15, -0.1) is 0 Å². The van der Waals surface area contributed by atoms with Crippen molar-refractivity contribution in [2.45, 2.75) is 32.4 Å². The summed E-state index contributed by atoms with van der Waals surface area (Å²) in [6.07, 6.45) is 6.09. The Labute approximate surface area is 168 Å². The third-order valence-electron chi connectivity index (χ3n) is 4.97. The number of ether oxygens (including phenoxy) is 2. The first kappa shape index (κ1) is 19.3. The number of hydrogen-bond donors (Lipinski definition) is 0. The predicted molar refractivity (Wildman–Crippen MR) is 110 cm³/mol. The van der Waals surface area contributed by atoms with Crippen LogP contribution in [0, 0.1) is 5.82 Å². The monoisotopic (exact) mass is 394 g/mol. The van der Waals surface area contributed by atoms with Gasteiger partial charge in [-0.2, -0.15) is 5.10 Å². The fraction of sp³-hybridized carbons (Fsp3) is 0.304. The average Bonchev–Trinajstić information content (AvgIpc) is 3.12. The Morgan fingerprint density at radius 3 is 2.83 bits per heavy atom. The molecular formula is C23H23FN2O3. The van der Waals surface area contributed by atoms with Crippen LogP contribution in [-0.4, -0.2) is 29.0 Å². The van der Waals surface area contributed by atoms with Gasteiger partial charge in [0, 0.05) is 23.6 Å². The third kappa shape index (κ3) is 4.22. The lowest BCUT2D eigenvalue weighted by Crippen LogP contribution is -2.19. The van der Waals surface area contributed by atoms with E-state index in [4.69, 9.17) is 14.6 Å². The number of nitrogens with zero attached hydrogens (tertiary/aromatic N) is 2. The molecule has 1 unspecified atom stereocenters. The summed E-state index contributed by atoms with van der Waals surface area (Å²) >= 11 is 0. The second-order valence-corrected chi connectivity index (χ2v) is 6.98. The lowest BCUT2D eigenvalue weighted by molar-refractivity contribution is -0.137. The summed E-state index contributed by atoms with van der Waals surface area (Å²) in [6.45, 7) is 2.83. The van der Waals surface area contributed by atoms with Crippen molar-refractivity contribution in [1.82, 2.24) is 9.78 Å². The van der Waals surface area contributed by atoms with Crippen molar-refractivity contribution in [2.75, 3.05) is 13.2 Å². The van der Waals surface area contributed by atoms with Crippen LogP contribution >= 0.6 is 0 Å². The molecule has 3 aromatic rings. The second kappa shape index (κ2) is 8.57. The molecule has 1 aliphatic heterocycles. The molecular weight excluding hydrogens is 371 g/mol. The van der Waals surface area contributed by atoms with E-state index in [0.717, 1.165) is 53.6 Å². The molecule has 0 radical (unpaired) electrons. The van der Waals surface area contributed by atoms with E-state index < -0.39 is 0 Å². The number of halogens is 1. The maximum atomic E-state index is 13.4. The Bertz CT molecular complexity index is 1030. The van der Waals surface area contributed by atoms with Crippen molar-refractivity contribution < 1.29 is 18.7 Å². The molecule has 29 heavy (non-hydrogen) atoms. The third-order valence-corrected chi connectivity index (χ3v) is 4.97. The molecule has 0 spiro atoms. The Balaban J connectivity index is 1.79. The minimum absolute atomic E-state index is 0.110. The van der Waals surface area contributed by atoms with Gasteiger partial charge in [0.15, 0.2) is 6.23 Å². The molecule has 1 fully saturated rings. The summed E-state index contributed by atoms with van der Waals surface area (Å²) in [5.41, 5.74) is 3.40. The van der Waals surface area contributed by atoms with Gasteiger partial charge in [-0.05, 0) is 74.2 Å². The Hall–Kier alpha value is -2.99. The molecule has 0 amide bonds. The molecule has 1 aliphatic rings. The number of carbonyl (C=O) groups is 1. The smallest absolute Gasteiger partial charge is 0.330 e. The van der Waals surface area contributed by atoms with Crippen LogP contribution in [0.25, 0.3) is 28.2 Å². The van der Waals surface area contributed by atoms with Gasteiger partial charge in [0.05, 0.1) is 12.1 Å². The highest BCUT2D eigenvalue weighted by Crippen LogP contribution is 2.33. The quantitative estimate of drug-likeness (QED) is 0.445. The standard InChI is InChI=1S/C23H23FN2O3/c1-2-28-22(27)13-7-16-6-12-20-19(15-16)23(17-8-10-18(24)11-9-17)25-26(20)21-5-3-4-14-29-21/h6-13,15,21H,2-5,14H2,1H3. The Morgan fingerprint density at radius 2 is 2.10 bits per heavy atom. The molecule has 4 rings (SSSR count). The lowest BCUT2D eigenvalue weighted by Gasteiger charge is -2.23. The maximum absolute atomic E-state index is 13.4. The van der Waals surface area contributed by atoms with Crippen LogP contribution in [0.5, 0.6) is 0 Å². The molecule has 5 nitrogen and oxygen atoms in total. The van der Waals surface area contributed by atoms with Gasteiger partial charge in [0.1, 0.15) is 11.5 Å². The number of fused-ring (bicyclic) bond motifs is 1. The number of hydrogen-bond acceptors (Lipinski definition) is 4. The molecule has 0 saturated carbocycles. The average molecular weight is 394 g/mol. The molecule has 2 heterocycles. The molecule has 2 aromatic carbocycles. The van der Waals surface area contributed by atoms with Crippen LogP contribution in [0.4, 0.5) is 4.39 Å². The molecule has 150 valence electrons. The van der Waals surface area contributed by atoms with Crippen LogP contribution in [0.1, 0.15) is 38.0 Å². The summed E-state index contributed by atoms with van der Waals surface area (Å²) in [5, 5.41) is 5.76. The minimum Gasteiger partial charge on any atom is -0.463 e. The molecule has 0 N–H and O–H groups in total. The van der Waals surface area contributed by atoms with E-state index in [1.165, 1.54) is 18.2 Å². The molecule has 1 atom stereocenters. The van der Waals surface area contributed by atoms with Crippen molar-refractivity contribution >= 4 is 22.9 Å². The SMILES string of the molecule is CCOC(=O)C=Cc1ccc2c(c1)c(-c1ccc(F)cc1)nn2C1CCCCO1. The highest BCUT2D eigenvalue weighted by atomic mass is 19.1. The van der Waals surface area contributed by atoms with Crippen LogP contribution in [0.3, 0.4) is 0 Å². The van der Waals surface area contributed by atoms with Crippen LogP contribution in [0.2, 0.25) is 0 Å². The topological polar surface area (TPSA) is 53.3 Å². The molecule has 1 aromatic heterocycles. The van der Waals surface area contributed by atoms with Crippen molar-refractivity contribution in [2.24, 2.45) is 0 Å². The summed E-state index contributed by atoms with van der Waals surface area (Å²) in [4.78, 5) is 11.6. The summed E-state index contributed by atoms with van der Waals surface area (Å²) in [7, 11) is 0.